The van der Waals surface area contributed by atoms with E-state index in [0.717, 1.165) is 0 Å². The van der Waals surface area contributed by atoms with Crippen molar-refractivity contribution in [3.63, 3.8) is 0 Å². The minimum Gasteiger partial charge on any atom is -0.385 e. The third kappa shape index (κ3) is 4.02. The van der Waals surface area contributed by atoms with Crippen LogP contribution in [-0.2, 0) is 10.4 Å². The van der Waals surface area contributed by atoms with Gasteiger partial charge in [0.1, 0.15) is 0 Å². The molecule has 3 aromatic rings. The highest BCUT2D eigenvalue weighted by atomic mass is 16.5. The van der Waals surface area contributed by atoms with Gasteiger partial charge in [-0.3, -0.25) is 14.3 Å². The summed E-state index contributed by atoms with van der Waals surface area (Å²) in [5, 5.41) is 16.9. The number of aromatic amines is 1. The molecule has 1 amide bonds. The summed E-state index contributed by atoms with van der Waals surface area (Å²) in [7, 11) is 0. The summed E-state index contributed by atoms with van der Waals surface area (Å²) in [6, 6.07) is 15.8. The van der Waals surface area contributed by atoms with Gasteiger partial charge in [-0.25, -0.2) is 4.79 Å². The molecule has 1 heterocycles. The van der Waals surface area contributed by atoms with Crippen molar-refractivity contribution in [2.24, 2.45) is 0 Å². The van der Waals surface area contributed by atoms with Crippen LogP contribution in [0.3, 0.4) is 0 Å². The number of nitrogens with one attached hydrogen (secondary N) is 2. The third-order valence-corrected chi connectivity index (χ3v) is 3.76. The Kier molecular flexibility index (Phi) is 4.49. The van der Waals surface area contributed by atoms with Crippen molar-refractivity contribution < 1.29 is 14.4 Å². The van der Waals surface area contributed by atoms with Gasteiger partial charge in [-0.15, -0.1) is 0 Å². The lowest BCUT2D eigenvalue weighted by Gasteiger charge is -2.23. The van der Waals surface area contributed by atoms with Crippen LogP contribution in [0.5, 0.6) is 0 Å². The van der Waals surface area contributed by atoms with E-state index in [2.05, 4.69) is 20.0 Å². The molecule has 1 atom stereocenters. The smallest absolute Gasteiger partial charge is 0.385 e. The summed E-state index contributed by atoms with van der Waals surface area (Å²) in [5.41, 5.74) is 0.507. The van der Waals surface area contributed by atoms with Crippen LogP contribution in [0.1, 0.15) is 18.9 Å². The fourth-order valence-electron chi connectivity index (χ4n) is 2.52. The minimum absolute atomic E-state index is 0.0952. The lowest BCUT2D eigenvalue weighted by atomic mass is 9.92. The van der Waals surface area contributed by atoms with E-state index in [4.69, 9.17) is 0 Å². The van der Waals surface area contributed by atoms with Crippen molar-refractivity contribution in [1.29, 1.82) is 0 Å². The van der Waals surface area contributed by atoms with Crippen LogP contribution < -0.4 is 11.1 Å². The Morgan fingerprint density at radius 1 is 1.24 bits per heavy atom. The number of rotatable bonds is 5. The quantitative estimate of drug-likeness (QED) is 0.661. The summed E-state index contributed by atoms with van der Waals surface area (Å²) in [4.78, 5) is 25.8. The summed E-state index contributed by atoms with van der Waals surface area (Å²) < 4.78 is 4.47. The molecule has 0 spiro atoms. The van der Waals surface area contributed by atoms with Crippen LogP contribution in [0.15, 0.2) is 63.9 Å². The number of carbonyl (C=O) groups excluding carboxylic acids is 1. The normalized spacial score (nSPS) is 13.2. The molecule has 0 aliphatic heterocycles. The van der Waals surface area contributed by atoms with E-state index in [1.165, 1.54) is 0 Å². The lowest BCUT2D eigenvalue weighted by molar-refractivity contribution is -0.120. The molecule has 0 saturated heterocycles. The van der Waals surface area contributed by atoms with E-state index in [1.54, 1.807) is 43.3 Å². The first-order valence-corrected chi connectivity index (χ1v) is 7.68. The molecule has 3 N–H and O–H groups in total. The maximum atomic E-state index is 12.3. The topological polar surface area (TPSA) is 108 Å². The highest BCUT2D eigenvalue weighted by Crippen LogP contribution is 2.25. The number of aliphatic hydroxyl groups is 1. The molecule has 0 fully saturated rings. The molecule has 0 radical (unpaired) electrons. The van der Waals surface area contributed by atoms with Crippen LogP contribution in [0.2, 0.25) is 0 Å². The second kappa shape index (κ2) is 6.74. The minimum atomic E-state index is -1.28. The highest BCUT2D eigenvalue weighted by molar-refractivity contribution is 5.92. The number of amides is 1. The molecule has 0 aliphatic carbocycles. The predicted molar refractivity (Wildman–Crippen MR) is 91.8 cm³/mol. The van der Waals surface area contributed by atoms with E-state index in [1.807, 2.05) is 18.2 Å². The van der Waals surface area contributed by atoms with Crippen molar-refractivity contribution in [2.75, 3.05) is 5.32 Å². The summed E-state index contributed by atoms with van der Waals surface area (Å²) in [6.45, 7) is 1.60. The number of H-pyrrole nitrogens is 1. The van der Waals surface area contributed by atoms with E-state index in [-0.39, 0.29) is 18.2 Å². The molecule has 25 heavy (non-hydrogen) atoms. The van der Waals surface area contributed by atoms with Crippen molar-refractivity contribution in [3.05, 3.63) is 70.7 Å². The van der Waals surface area contributed by atoms with Crippen molar-refractivity contribution in [1.82, 2.24) is 10.1 Å². The maximum absolute atomic E-state index is 12.3. The van der Waals surface area contributed by atoms with E-state index >= 15 is 0 Å². The fourth-order valence-corrected chi connectivity index (χ4v) is 2.52. The van der Waals surface area contributed by atoms with E-state index in [9.17, 15) is 14.7 Å². The first-order chi connectivity index (χ1) is 11.9. The zero-order valence-corrected chi connectivity index (χ0v) is 13.5. The molecular weight excluding hydrogens is 322 g/mol. The van der Waals surface area contributed by atoms with Crippen molar-refractivity contribution in [3.8, 4) is 11.4 Å². The number of anilines is 1. The average Bonchev–Trinajstić information content (AvgIpc) is 3.02. The first-order valence-electron chi connectivity index (χ1n) is 7.68. The number of carbonyl (C=O) groups is 1. The van der Waals surface area contributed by atoms with E-state index < -0.39 is 11.4 Å². The second-order valence-corrected chi connectivity index (χ2v) is 5.89. The zero-order valence-electron chi connectivity index (χ0n) is 13.5. The van der Waals surface area contributed by atoms with Crippen LogP contribution in [0.25, 0.3) is 11.4 Å². The molecule has 0 aliphatic rings. The molecule has 2 aromatic carbocycles. The van der Waals surface area contributed by atoms with Crippen LogP contribution in [0.4, 0.5) is 5.69 Å². The Morgan fingerprint density at radius 3 is 2.68 bits per heavy atom. The van der Waals surface area contributed by atoms with Gasteiger partial charge in [0.25, 0.3) is 0 Å². The standard InChI is InChI=1S/C18H17N3O4/c1-18(24,13-7-3-2-4-8-13)11-15(22)19-14-9-5-6-12(10-14)16-20-17(23)25-21-16/h2-10,24H,11H2,1H3,(H,19,22)(H,20,21,23). The summed E-state index contributed by atoms with van der Waals surface area (Å²) >= 11 is 0. The molecule has 3 rings (SSSR count). The molecule has 0 bridgehead atoms. The van der Waals surface area contributed by atoms with Gasteiger partial charge < -0.3 is 10.4 Å². The molecule has 7 heteroatoms. The van der Waals surface area contributed by atoms with Crippen molar-refractivity contribution in [2.45, 2.75) is 18.9 Å². The predicted octanol–water partition coefficient (Wildman–Crippen LogP) is 2.27. The van der Waals surface area contributed by atoms with Gasteiger partial charge in [0.2, 0.25) is 5.91 Å². The molecule has 1 unspecified atom stereocenters. The third-order valence-electron chi connectivity index (χ3n) is 3.76. The number of aromatic nitrogens is 2. The van der Waals surface area contributed by atoms with Gasteiger partial charge >= 0.3 is 5.76 Å². The highest BCUT2D eigenvalue weighted by Gasteiger charge is 2.26. The van der Waals surface area contributed by atoms with Crippen molar-refractivity contribution >= 4 is 11.6 Å². The molecule has 128 valence electrons. The largest absolute Gasteiger partial charge is 0.439 e. The number of hydrogen-bond acceptors (Lipinski definition) is 5. The lowest BCUT2D eigenvalue weighted by Crippen LogP contribution is -2.28. The van der Waals surface area contributed by atoms with Gasteiger partial charge in [0.05, 0.1) is 12.0 Å². The monoisotopic (exact) mass is 339 g/mol. The Morgan fingerprint density at radius 2 is 2.00 bits per heavy atom. The zero-order chi connectivity index (χ0) is 17.9. The second-order valence-electron chi connectivity index (χ2n) is 5.89. The van der Waals surface area contributed by atoms with Crippen LogP contribution in [0, 0.1) is 0 Å². The Labute approximate surface area is 143 Å². The van der Waals surface area contributed by atoms with Crippen LogP contribution in [-0.4, -0.2) is 21.2 Å². The van der Waals surface area contributed by atoms with E-state index in [0.29, 0.717) is 16.8 Å². The van der Waals surface area contributed by atoms with Gasteiger partial charge in [0.15, 0.2) is 5.82 Å². The maximum Gasteiger partial charge on any atom is 0.439 e. The number of hydrogen-bond donors (Lipinski definition) is 3. The summed E-state index contributed by atoms with van der Waals surface area (Å²) in [5.74, 6) is -0.708. The number of nitrogens with zero attached hydrogens (tertiary/aromatic N) is 1. The van der Waals surface area contributed by atoms with Gasteiger partial charge in [-0.1, -0.05) is 47.6 Å². The fraction of sp³-hybridized carbons (Fsp3) is 0.167. The number of benzene rings is 2. The van der Waals surface area contributed by atoms with Crippen LogP contribution >= 0.6 is 0 Å². The van der Waals surface area contributed by atoms with Gasteiger partial charge in [-0.05, 0) is 24.6 Å². The average molecular weight is 339 g/mol. The summed E-state index contributed by atoms with van der Waals surface area (Å²) in [6.07, 6.45) is -0.0952. The Bertz CT molecular complexity index is 929. The molecule has 1 aromatic heterocycles. The molecule has 0 saturated carbocycles. The van der Waals surface area contributed by atoms with Gasteiger partial charge in [-0.2, -0.15) is 0 Å². The Hall–Kier alpha value is -3.19. The molecule has 7 nitrogen and oxygen atoms in total. The SMILES string of the molecule is CC(O)(CC(=O)Nc1cccc(-c2noc(=O)[nH]2)c1)c1ccccc1. The first kappa shape index (κ1) is 16.7. The Balaban J connectivity index is 1.72. The van der Waals surface area contributed by atoms with Gasteiger partial charge in [0, 0.05) is 11.3 Å². The molecular formula is C18H17N3O4.